The minimum absolute atomic E-state index is 0.0347. The summed E-state index contributed by atoms with van der Waals surface area (Å²) in [6.07, 6.45) is 2.30. The van der Waals surface area contributed by atoms with Crippen LogP contribution in [0.25, 0.3) is 0 Å². The van der Waals surface area contributed by atoms with Gasteiger partial charge in [0, 0.05) is 22.2 Å². The highest BCUT2D eigenvalue weighted by Gasteiger charge is 2.21. The fourth-order valence-electron chi connectivity index (χ4n) is 2.90. The Labute approximate surface area is 168 Å². The van der Waals surface area contributed by atoms with E-state index in [9.17, 15) is 4.79 Å². The van der Waals surface area contributed by atoms with Crippen LogP contribution < -0.4 is 10.6 Å². The van der Waals surface area contributed by atoms with Gasteiger partial charge in [-0.05, 0) is 36.2 Å². The van der Waals surface area contributed by atoms with E-state index in [1.807, 2.05) is 53.8 Å². The van der Waals surface area contributed by atoms with Crippen molar-refractivity contribution in [3.8, 4) is 0 Å². The lowest BCUT2D eigenvalue weighted by Gasteiger charge is -2.14. The van der Waals surface area contributed by atoms with Crippen LogP contribution in [0.2, 0.25) is 10.0 Å². The van der Waals surface area contributed by atoms with Gasteiger partial charge >= 0.3 is 0 Å². The van der Waals surface area contributed by atoms with Crippen LogP contribution in [0.1, 0.15) is 22.9 Å². The number of halogens is 2. The van der Waals surface area contributed by atoms with Crippen LogP contribution in [0.15, 0.2) is 71.3 Å². The molecular formula is C21H21Cl2N2O2+. The van der Waals surface area contributed by atoms with Gasteiger partial charge in [-0.1, -0.05) is 59.6 Å². The van der Waals surface area contributed by atoms with Gasteiger partial charge in [0.25, 0.3) is 5.91 Å². The van der Waals surface area contributed by atoms with Crippen molar-refractivity contribution in [1.82, 2.24) is 5.32 Å². The number of rotatable bonds is 8. The molecule has 0 aliphatic carbocycles. The number of hydrogen-bond donors (Lipinski definition) is 2. The molecule has 0 saturated heterocycles. The number of carbonyl (C=O) groups excluding carboxylic acids is 1. The van der Waals surface area contributed by atoms with Gasteiger partial charge in [-0.15, -0.1) is 0 Å². The smallest absolute Gasteiger partial charge is 0.275 e. The number of nitrogens with two attached hydrogens (primary N) is 1. The van der Waals surface area contributed by atoms with E-state index in [1.165, 1.54) is 0 Å². The van der Waals surface area contributed by atoms with E-state index in [-0.39, 0.29) is 11.9 Å². The van der Waals surface area contributed by atoms with E-state index in [0.717, 1.165) is 16.9 Å². The molecule has 0 aliphatic heterocycles. The Balaban J connectivity index is 1.52. The molecule has 1 amide bonds. The number of furan rings is 1. The van der Waals surface area contributed by atoms with Crippen LogP contribution in [0, 0.1) is 0 Å². The maximum atomic E-state index is 12.3. The molecule has 0 saturated carbocycles. The lowest BCUT2D eigenvalue weighted by molar-refractivity contribution is -0.678. The summed E-state index contributed by atoms with van der Waals surface area (Å²) < 4.78 is 5.56. The Morgan fingerprint density at radius 1 is 1.07 bits per heavy atom. The SMILES string of the molecule is O=C(C[NH2+][C@@H](c1ccccc1)c1ccco1)NCCc1ccc(Cl)cc1Cl. The first kappa shape index (κ1) is 19.5. The quantitative estimate of drug-likeness (QED) is 0.603. The number of amides is 1. The first-order valence-corrected chi connectivity index (χ1v) is 9.51. The molecule has 0 bridgehead atoms. The molecule has 0 radical (unpaired) electrons. The van der Waals surface area contributed by atoms with Gasteiger partial charge in [0.05, 0.1) is 6.26 Å². The molecule has 3 rings (SSSR count). The number of benzene rings is 2. The molecule has 4 nitrogen and oxygen atoms in total. The molecule has 0 fully saturated rings. The summed E-state index contributed by atoms with van der Waals surface area (Å²) in [6, 6.07) is 19.1. The Kier molecular flexibility index (Phi) is 6.93. The molecule has 0 unspecified atom stereocenters. The van der Waals surface area contributed by atoms with Crippen molar-refractivity contribution in [3.05, 3.63) is 93.9 Å². The third kappa shape index (κ3) is 5.60. The number of hydrogen-bond acceptors (Lipinski definition) is 2. The first-order valence-electron chi connectivity index (χ1n) is 8.76. The molecule has 0 spiro atoms. The normalized spacial score (nSPS) is 11.9. The van der Waals surface area contributed by atoms with Crippen molar-refractivity contribution in [1.29, 1.82) is 0 Å². The third-order valence-corrected chi connectivity index (χ3v) is 4.87. The van der Waals surface area contributed by atoms with Crippen LogP contribution in [0.5, 0.6) is 0 Å². The van der Waals surface area contributed by atoms with Gasteiger partial charge in [-0.25, -0.2) is 0 Å². The molecule has 3 N–H and O–H groups in total. The molecule has 1 heterocycles. The lowest BCUT2D eigenvalue weighted by Crippen LogP contribution is -2.87. The minimum atomic E-state index is -0.0577. The Morgan fingerprint density at radius 3 is 2.59 bits per heavy atom. The number of carbonyl (C=O) groups is 1. The largest absolute Gasteiger partial charge is 0.463 e. The summed E-state index contributed by atoms with van der Waals surface area (Å²) >= 11 is 12.1. The molecule has 2 aromatic carbocycles. The summed E-state index contributed by atoms with van der Waals surface area (Å²) in [4.78, 5) is 12.3. The van der Waals surface area contributed by atoms with Crippen molar-refractivity contribution in [2.75, 3.05) is 13.1 Å². The van der Waals surface area contributed by atoms with Gasteiger partial charge in [-0.2, -0.15) is 0 Å². The number of quaternary nitrogens is 1. The van der Waals surface area contributed by atoms with Crippen LogP contribution in [-0.4, -0.2) is 19.0 Å². The molecule has 0 aliphatic rings. The predicted octanol–water partition coefficient (Wildman–Crippen LogP) is 3.60. The fourth-order valence-corrected chi connectivity index (χ4v) is 3.41. The molecule has 6 heteroatoms. The van der Waals surface area contributed by atoms with Crippen LogP contribution in [0.3, 0.4) is 0 Å². The summed E-state index contributed by atoms with van der Waals surface area (Å²) in [6.45, 7) is 0.819. The highest BCUT2D eigenvalue weighted by Crippen LogP contribution is 2.21. The molecular weight excluding hydrogens is 383 g/mol. The second-order valence-electron chi connectivity index (χ2n) is 6.18. The van der Waals surface area contributed by atoms with E-state index in [4.69, 9.17) is 27.6 Å². The van der Waals surface area contributed by atoms with Crippen molar-refractivity contribution >= 4 is 29.1 Å². The topological polar surface area (TPSA) is 58.9 Å². The van der Waals surface area contributed by atoms with Crippen LogP contribution in [0.4, 0.5) is 0 Å². The summed E-state index contributed by atoms with van der Waals surface area (Å²) in [7, 11) is 0. The van der Waals surface area contributed by atoms with Crippen molar-refractivity contribution in [2.24, 2.45) is 0 Å². The van der Waals surface area contributed by atoms with Gasteiger partial charge in [0.15, 0.2) is 18.3 Å². The van der Waals surface area contributed by atoms with E-state index < -0.39 is 0 Å². The van der Waals surface area contributed by atoms with Gasteiger partial charge in [0.2, 0.25) is 0 Å². The predicted molar refractivity (Wildman–Crippen MR) is 107 cm³/mol. The number of nitrogens with one attached hydrogen (secondary N) is 1. The minimum Gasteiger partial charge on any atom is -0.463 e. The Morgan fingerprint density at radius 2 is 1.89 bits per heavy atom. The second kappa shape index (κ2) is 9.60. The molecule has 1 atom stereocenters. The van der Waals surface area contributed by atoms with Crippen molar-refractivity contribution < 1.29 is 14.5 Å². The molecule has 3 aromatic rings. The standard InChI is InChI=1S/C21H20Cl2N2O2/c22-17-9-8-15(18(23)13-17)10-11-24-20(26)14-25-21(19-7-4-12-27-19)16-5-2-1-3-6-16/h1-9,12-13,21,25H,10-11,14H2,(H,24,26)/p+1/t21-/m0/s1. The van der Waals surface area contributed by atoms with Crippen LogP contribution >= 0.6 is 23.2 Å². The highest BCUT2D eigenvalue weighted by molar-refractivity contribution is 6.35. The third-order valence-electron chi connectivity index (χ3n) is 4.28. The van der Waals surface area contributed by atoms with Crippen LogP contribution in [-0.2, 0) is 11.2 Å². The zero-order valence-electron chi connectivity index (χ0n) is 14.7. The maximum Gasteiger partial charge on any atom is 0.275 e. The zero-order chi connectivity index (χ0) is 19.1. The monoisotopic (exact) mass is 403 g/mol. The van der Waals surface area contributed by atoms with E-state index >= 15 is 0 Å². The fraction of sp³-hybridized carbons (Fsp3) is 0.190. The Hall–Kier alpha value is -2.27. The summed E-state index contributed by atoms with van der Waals surface area (Å²) in [5, 5.41) is 6.12. The van der Waals surface area contributed by atoms with Gasteiger partial charge < -0.3 is 15.1 Å². The lowest BCUT2D eigenvalue weighted by atomic mass is 10.0. The zero-order valence-corrected chi connectivity index (χ0v) is 16.2. The summed E-state index contributed by atoms with van der Waals surface area (Å²) in [5.41, 5.74) is 2.05. The maximum absolute atomic E-state index is 12.3. The summed E-state index contributed by atoms with van der Waals surface area (Å²) in [5.74, 6) is 0.787. The average molecular weight is 404 g/mol. The van der Waals surface area contributed by atoms with Crippen molar-refractivity contribution in [3.63, 3.8) is 0 Å². The van der Waals surface area contributed by atoms with Crippen molar-refractivity contribution in [2.45, 2.75) is 12.5 Å². The average Bonchev–Trinajstić information content (AvgIpc) is 3.19. The van der Waals surface area contributed by atoms with Gasteiger partial charge in [-0.3, -0.25) is 4.79 Å². The Bertz CT molecular complexity index is 867. The molecule has 27 heavy (non-hydrogen) atoms. The van der Waals surface area contributed by atoms with Gasteiger partial charge in [0.1, 0.15) is 0 Å². The molecule has 140 valence electrons. The van der Waals surface area contributed by atoms with E-state index in [1.54, 1.807) is 18.4 Å². The second-order valence-corrected chi connectivity index (χ2v) is 7.02. The van der Waals surface area contributed by atoms with E-state index in [0.29, 0.717) is 29.6 Å². The van der Waals surface area contributed by atoms with E-state index in [2.05, 4.69) is 5.32 Å². The highest BCUT2D eigenvalue weighted by atomic mass is 35.5. The first-order chi connectivity index (χ1) is 13.1. The molecule has 1 aromatic heterocycles.